The first-order valence-corrected chi connectivity index (χ1v) is 7.60. The Bertz CT molecular complexity index is 767. The minimum absolute atomic E-state index is 0.602. The van der Waals surface area contributed by atoms with Crippen LogP contribution in [0.5, 0.6) is 0 Å². The topological polar surface area (TPSA) is 46.5 Å². The van der Waals surface area contributed by atoms with Gasteiger partial charge in [0.1, 0.15) is 17.0 Å². The third kappa shape index (κ3) is 1.54. The zero-order chi connectivity index (χ0) is 13.7. The molecule has 4 nitrogen and oxygen atoms in total. The summed E-state index contributed by atoms with van der Waals surface area (Å²) < 4.78 is 2.48. The smallest absolute Gasteiger partial charge is 0.139 e. The number of hydrogen-bond donors (Lipinski definition) is 1. The van der Waals surface area contributed by atoms with E-state index >= 15 is 0 Å². The second kappa shape index (κ2) is 4.33. The third-order valence-electron chi connectivity index (χ3n) is 4.89. The maximum atomic E-state index is 4.74. The molecule has 2 atom stereocenters. The quantitative estimate of drug-likeness (QED) is 0.764. The Morgan fingerprint density at radius 2 is 2.30 bits per heavy atom. The van der Waals surface area contributed by atoms with E-state index < -0.39 is 0 Å². The summed E-state index contributed by atoms with van der Waals surface area (Å²) in [6.45, 7) is 4.44. The lowest BCUT2D eigenvalue weighted by atomic mass is 10.00. The van der Waals surface area contributed by atoms with Crippen LogP contribution in [0.15, 0.2) is 18.5 Å². The number of imidazole rings is 1. The van der Waals surface area contributed by atoms with Crippen molar-refractivity contribution < 1.29 is 0 Å². The highest BCUT2D eigenvalue weighted by molar-refractivity contribution is 6.01. The molecule has 4 rings (SSSR count). The van der Waals surface area contributed by atoms with Gasteiger partial charge in [0.2, 0.25) is 0 Å². The Kier molecular flexibility index (Phi) is 2.59. The first-order valence-electron chi connectivity index (χ1n) is 7.60. The molecule has 0 aliphatic heterocycles. The molecular weight excluding hydrogens is 248 g/mol. The van der Waals surface area contributed by atoms with Gasteiger partial charge in [0.05, 0.1) is 11.7 Å². The first-order chi connectivity index (χ1) is 9.79. The first kappa shape index (κ1) is 11.9. The van der Waals surface area contributed by atoms with E-state index in [4.69, 9.17) is 4.98 Å². The summed E-state index contributed by atoms with van der Waals surface area (Å²) >= 11 is 0. The van der Waals surface area contributed by atoms with Crippen LogP contribution in [0, 0.1) is 12.8 Å². The molecule has 1 aliphatic carbocycles. The lowest BCUT2D eigenvalue weighted by Crippen LogP contribution is -2.14. The van der Waals surface area contributed by atoms with E-state index in [9.17, 15) is 0 Å². The van der Waals surface area contributed by atoms with Gasteiger partial charge in [-0.25, -0.2) is 9.97 Å². The molecule has 0 spiro atoms. The third-order valence-corrected chi connectivity index (χ3v) is 4.89. The van der Waals surface area contributed by atoms with Crippen LogP contribution in [-0.2, 0) is 0 Å². The predicted octanol–water partition coefficient (Wildman–Crippen LogP) is 3.97. The molecule has 0 unspecified atom stereocenters. The van der Waals surface area contributed by atoms with E-state index in [0.717, 1.165) is 22.9 Å². The van der Waals surface area contributed by atoms with Gasteiger partial charge in [-0.15, -0.1) is 0 Å². The van der Waals surface area contributed by atoms with Crippen molar-refractivity contribution >= 4 is 22.1 Å². The van der Waals surface area contributed by atoms with Crippen molar-refractivity contribution in [2.75, 3.05) is 0 Å². The van der Waals surface area contributed by atoms with Crippen LogP contribution < -0.4 is 0 Å². The van der Waals surface area contributed by atoms with Crippen molar-refractivity contribution in [3.63, 3.8) is 0 Å². The van der Waals surface area contributed by atoms with Crippen LogP contribution in [0.3, 0.4) is 0 Å². The summed E-state index contributed by atoms with van der Waals surface area (Å²) in [5.41, 5.74) is 3.25. The molecule has 1 aliphatic rings. The zero-order valence-electron chi connectivity index (χ0n) is 12.1. The van der Waals surface area contributed by atoms with Crippen LogP contribution in [0.2, 0.25) is 0 Å². The SMILES string of the molecule is CC[C@@H]1CCC[C@@H]1n1c(C)nc2cnc3[nH]ccc3c21. The monoisotopic (exact) mass is 268 g/mol. The number of aromatic nitrogens is 4. The average Bonchev–Trinajstić information content (AvgIpc) is 3.13. The summed E-state index contributed by atoms with van der Waals surface area (Å²) in [5.74, 6) is 1.91. The molecule has 0 bridgehead atoms. The molecule has 104 valence electrons. The molecule has 4 heteroatoms. The molecular formula is C16H20N4. The Hall–Kier alpha value is -1.84. The van der Waals surface area contributed by atoms with Crippen molar-refractivity contribution in [1.82, 2.24) is 19.5 Å². The molecule has 1 fully saturated rings. The number of rotatable bonds is 2. The number of aromatic amines is 1. The molecule has 0 radical (unpaired) electrons. The van der Waals surface area contributed by atoms with Gasteiger partial charge in [-0.05, 0) is 31.7 Å². The predicted molar refractivity (Wildman–Crippen MR) is 80.8 cm³/mol. The maximum absolute atomic E-state index is 4.74. The van der Waals surface area contributed by atoms with Crippen molar-refractivity contribution in [2.45, 2.75) is 45.6 Å². The summed E-state index contributed by atoms with van der Waals surface area (Å²) in [6.07, 6.45) is 9.08. The van der Waals surface area contributed by atoms with Gasteiger partial charge >= 0.3 is 0 Å². The van der Waals surface area contributed by atoms with Crippen LogP contribution in [0.4, 0.5) is 0 Å². The Labute approximate surface area is 118 Å². The largest absolute Gasteiger partial charge is 0.346 e. The standard InChI is InChI=1S/C16H20N4/c1-3-11-5-4-6-14(11)20-10(2)19-13-9-18-16-12(15(13)20)7-8-17-16/h7-9,11,14H,3-6H2,1-2H3,(H,17,18)/t11-,14+/m1/s1. The number of pyridine rings is 1. The van der Waals surface area contributed by atoms with Gasteiger partial charge in [-0.3, -0.25) is 0 Å². The normalized spacial score (nSPS) is 23.1. The van der Waals surface area contributed by atoms with Gasteiger partial charge in [0, 0.05) is 17.6 Å². The van der Waals surface area contributed by atoms with Crippen LogP contribution in [0.1, 0.15) is 44.5 Å². The van der Waals surface area contributed by atoms with E-state index in [1.54, 1.807) is 0 Å². The maximum Gasteiger partial charge on any atom is 0.139 e. The molecule has 1 saturated carbocycles. The molecule has 3 aromatic rings. The van der Waals surface area contributed by atoms with Gasteiger partial charge in [-0.2, -0.15) is 0 Å². The second-order valence-electron chi connectivity index (χ2n) is 5.93. The van der Waals surface area contributed by atoms with Gasteiger partial charge in [-0.1, -0.05) is 19.8 Å². The molecule has 0 amide bonds. The van der Waals surface area contributed by atoms with Gasteiger partial charge in [0.25, 0.3) is 0 Å². The van der Waals surface area contributed by atoms with Crippen LogP contribution in [0.25, 0.3) is 22.1 Å². The highest BCUT2D eigenvalue weighted by atomic mass is 15.1. The minimum Gasteiger partial charge on any atom is -0.346 e. The van der Waals surface area contributed by atoms with Crippen molar-refractivity contribution in [3.05, 3.63) is 24.3 Å². The van der Waals surface area contributed by atoms with E-state index in [2.05, 4.69) is 34.4 Å². The Morgan fingerprint density at radius 3 is 3.15 bits per heavy atom. The van der Waals surface area contributed by atoms with Crippen LogP contribution in [-0.4, -0.2) is 19.5 Å². The lowest BCUT2D eigenvalue weighted by molar-refractivity contribution is 0.372. The van der Waals surface area contributed by atoms with E-state index in [1.807, 2.05) is 12.4 Å². The van der Waals surface area contributed by atoms with Crippen molar-refractivity contribution in [2.24, 2.45) is 5.92 Å². The summed E-state index contributed by atoms with van der Waals surface area (Å²) in [4.78, 5) is 12.4. The Morgan fingerprint density at radius 1 is 1.40 bits per heavy atom. The summed E-state index contributed by atoms with van der Waals surface area (Å²) in [6, 6.07) is 2.73. The van der Waals surface area contributed by atoms with E-state index in [-0.39, 0.29) is 0 Å². The highest BCUT2D eigenvalue weighted by Gasteiger charge is 2.30. The van der Waals surface area contributed by atoms with E-state index in [0.29, 0.717) is 6.04 Å². The lowest BCUT2D eigenvalue weighted by Gasteiger charge is -2.22. The van der Waals surface area contributed by atoms with Gasteiger partial charge < -0.3 is 9.55 Å². The molecule has 3 aromatic heterocycles. The van der Waals surface area contributed by atoms with Crippen LogP contribution >= 0.6 is 0 Å². The van der Waals surface area contributed by atoms with Crippen molar-refractivity contribution in [3.8, 4) is 0 Å². The van der Waals surface area contributed by atoms with E-state index in [1.165, 1.54) is 36.6 Å². The highest BCUT2D eigenvalue weighted by Crippen LogP contribution is 2.41. The number of nitrogens with zero attached hydrogens (tertiary/aromatic N) is 3. The van der Waals surface area contributed by atoms with Crippen molar-refractivity contribution in [1.29, 1.82) is 0 Å². The molecule has 0 aromatic carbocycles. The second-order valence-corrected chi connectivity index (χ2v) is 5.93. The number of nitrogens with one attached hydrogen (secondary N) is 1. The minimum atomic E-state index is 0.602. The number of fused-ring (bicyclic) bond motifs is 3. The summed E-state index contributed by atoms with van der Waals surface area (Å²) in [7, 11) is 0. The fourth-order valence-electron chi connectivity index (χ4n) is 3.95. The molecule has 3 heterocycles. The zero-order valence-corrected chi connectivity index (χ0v) is 12.1. The fraction of sp³-hybridized carbons (Fsp3) is 0.500. The number of H-pyrrole nitrogens is 1. The Balaban J connectivity index is 2.02. The summed E-state index contributed by atoms with van der Waals surface area (Å²) in [5, 5.41) is 1.20. The fourth-order valence-corrected chi connectivity index (χ4v) is 3.95. The number of hydrogen-bond acceptors (Lipinski definition) is 2. The van der Waals surface area contributed by atoms with Gasteiger partial charge in [0.15, 0.2) is 0 Å². The molecule has 0 saturated heterocycles. The average molecular weight is 268 g/mol. The molecule has 1 N–H and O–H groups in total. The molecule has 20 heavy (non-hydrogen) atoms. The number of aryl methyl sites for hydroxylation is 1.